The Balaban J connectivity index is 2.09. The molecule has 1 aliphatic rings. The second-order valence-corrected chi connectivity index (χ2v) is 3.81. The molecule has 2 N–H and O–H groups in total. The molecule has 76 valence electrons. The van der Waals surface area contributed by atoms with Gasteiger partial charge >= 0.3 is 6.03 Å². The lowest BCUT2D eigenvalue weighted by Crippen LogP contribution is -2.43. The molecule has 0 saturated carbocycles. The molecule has 0 bridgehead atoms. The van der Waals surface area contributed by atoms with Gasteiger partial charge in [-0.2, -0.15) is 0 Å². The average molecular weight is 186 g/mol. The van der Waals surface area contributed by atoms with E-state index >= 15 is 0 Å². The van der Waals surface area contributed by atoms with Crippen LogP contribution in [0, 0.1) is 5.92 Å². The summed E-state index contributed by atoms with van der Waals surface area (Å²) in [5.41, 5.74) is 0. The van der Waals surface area contributed by atoms with Crippen LogP contribution >= 0.6 is 0 Å². The average Bonchev–Trinajstić information content (AvgIpc) is 2.53. The van der Waals surface area contributed by atoms with Crippen LogP contribution in [0.25, 0.3) is 0 Å². The minimum atomic E-state index is -0.0794. The Bertz CT molecular complexity index is 165. The highest BCUT2D eigenvalue weighted by Crippen LogP contribution is 2.02. The molecule has 0 radical (unpaired) electrons. The van der Waals surface area contributed by atoms with Crippen LogP contribution in [0.15, 0.2) is 0 Å². The van der Waals surface area contributed by atoms with E-state index in [0.29, 0.717) is 12.5 Å². The maximum atomic E-state index is 11.2. The molecule has 13 heavy (non-hydrogen) atoms. The summed E-state index contributed by atoms with van der Waals surface area (Å²) < 4.78 is 5.14. The predicted octanol–water partition coefficient (Wildman–Crippen LogP) is 0.730. The van der Waals surface area contributed by atoms with Crippen molar-refractivity contribution in [2.75, 3.05) is 19.8 Å². The molecule has 4 heteroatoms. The maximum Gasteiger partial charge on any atom is 0.315 e. The van der Waals surface area contributed by atoms with Crippen LogP contribution in [0.3, 0.4) is 0 Å². The minimum Gasteiger partial charge on any atom is -0.379 e. The minimum absolute atomic E-state index is 0.0794. The molecule has 0 aromatic rings. The maximum absolute atomic E-state index is 11.2. The first-order valence-electron chi connectivity index (χ1n) is 4.80. The number of urea groups is 1. The number of ether oxygens (including phenoxy) is 1. The van der Waals surface area contributed by atoms with Gasteiger partial charge in [0, 0.05) is 13.2 Å². The van der Waals surface area contributed by atoms with E-state index in [0.717, 1.165) is 19.6 Å². The first-order valence-corrected chi connectivity index (χ1v) is 4.80. The number of hydrogen-bond donors (Lipinski definition) is 2. The summed E-state index contributed by atoms with van der Waals surface area (Å²) in [6.07, 6.45) is 0.926. The number of carbonyl (C=O) groups is 1. The van der Waals surface area contributed by atoms with E-state index in [9.17, 15) is 4.79 Å². The van der Waals surface area contributed by atoms with Gasteiger partial charge in [-0.15, -0.1) is 0 Å². The molecule has 2 amide bonds. The van der Waals surface area contributed by atoms with Crippen LogP contribution in [0.2, 0.25) is 0 Å². The van der Waals surface area contributed by atoms with Gasteiger partial charge < -0.3 is 15.4 Å². The third-order valence-electron chi connectivity index (χ3n) is 1.94. The Kier molecular flexibility index (Phi) is 4.02. The Morgan fingerprint density at radius 2 is 2.38 bits per heavy atom. The third kappa shape index (κ3) is 4.12. The van der Waals surface area contributed by atoms with Crippen molar-refractivity contribution in [1.82, 2.24) is 10.6 Å². The molecule has 1 atom stereocenters. The molecular formula is C9H18N2O2. The Labute approximate surface area is 79.0 Å². The fraction of sp³-hybridized carbons (Fsp3) is 0.889. The van der Waals surface area contributed by atoms with Crippen LogP contribution in [0.4, 0.5) is 4.79 Å². The van der Waals surface area contributed by atoms with Crippen molar-refractivity contribution in [3.63, 3.8) is 0 Å². The SMILES string of the molecule is CC(C)CNC(=O)NC1CCOC1. The van der Waals surface area contributed by atoms with Gasteiger partial charge in [0.25, 0.3) is 0 Å². The number of rotatable bonds is 3. The van der Waals surface area contributed by atoms with Gasteiger partial charge in [-0.05, 0) is 12.3 Å². The van der Waals surface area contributed by atoms with Crippen LogP contribution < -0.4 is 10.6 Å². The molecular weight excluding hydrogens is 168 g/mol. The molecule has 1 saturated heterocycles. The van der Waals surface area contributed by atoms with Crippen LogP contribution in [-0.2, 0) is 4.74 Å². The number of carbonyl (C=O) groups excluding carboxylic acids is 1. The Morgan fingerprint density at radius 1 is 1.62 bits per heavy atom. The third-order valence-corrected chi connectivity index (χ3v) is 1.94. The van der Waals surface area contributed by atoms with E-state index in [4.69, 9.17) is 4.74 Å². The largest absolute Gasteiger partial charge is 0.379 e. The standard InChI is InChI=1S/C9H18N2O2/c1-7(2)5-10-9(12)11-8-3-4-13-6-8/h7-8H,3-6H2,1-2H3,(H2,10,11,12). The number of amides is 2. The molecule has 0 aromatic carbocycles. The predicted molar refractivity (Wildman–Crippen MR) is 50.6 cm³/mol. The fourth-order valence-corrected chi connectivity index (χ4v) is 1.18. The summed E-state index contributed by atoms with van der Waals surface area (Å²) in [5.74, 6) is 0.491. The molecule has 1 fully saturated rings. The summed E-state index contributed by atoms with van der Waals surface area (Å²) >= 11 is 0. The van der Waals surface area contributed by atoms with E-state index in [1.165, 1.54) is 0 Å². The molecule has 4 nitrogen and oxygen atoms in total. The van der Waals surface area contributed by atoms with Gasteiger partial charge in [-0.1, -0.05) is 13.8 Å². The van der Waals surface area contributed by atoms with Crippen molar-refractivity contribution in [2.24, 2.45) is 5.92 Å². The zero-order valence-corrected chi connectivity index (χ0v) is 8.30. The zero-order valence-electron chi connectivity index (χ0n) is 8.30. The number of nitrogens with one attached hydrogen (secondary N) is 2. The second-order valence-electron chi connectivity index (χ2n) is 3.81. The van der Waals surface area contributed by atoms with E-state index in [-0.39, 0.29) is 12.1 Å². The van der Waals surface area contributed by atoms with Crippen molar-refractivity contribution in [1.29, 1.82) is 0 Å². The monoisotopic (exact) mass is 186 g/mol. The summed E-state index contributed by atoms with van der Waals surface area (Å²) in [6, 6.07) is 0.122. The number of hydrogen-bond acceptors (Lipinski definition) is 2. The molecule has 1 heterocycles. The first kappa shape index (κ1) is 10.3. The van der Waals surface area contributed by atoms with Gasteiger partial charge in [0.15, 0.2) is 0 Å². The molecule has 0 aromatic heterocycles. The quantitative estimate of drug-likeness (QED) is 0.682. The fourth-order valence-electron chi connectivity index (χ4n) is 1.18. The normalized spacial score (nSPS) is 21.9. The zero-order chi connectivity index (χ0) is 9.68. The highest BCUT2D eigenvalue weighted by molar-refractivity contribution is 5.74. The molecule has 0 aliphatic carbocycles. The first-order chi connectivity index (χ1) is 6.18. The molecule has 1 aliphatic heterocycles. The lowest BCUT2D eigenvalue weighted by molar-refractivity contribution is 0.188. The van der Waals surface area contributed by atoms with Crippen molar-refractivity contribution < 1.29 is 9.53 Å². The van der Waals surface area contributed by atoms with Gasteiger partial charge in [0.05, 0.1) is 12.6 Å². The second kappa shape index (κ2) is 5.07. The topological polar surface area (TPSA) is 50.4 Å². The summed E-state index contributed by atoms with van der Waals surface area (Å²) in [6.45, 7) is 6.27. The van der Waals surface area contributed by atoms with Crippen molar-refractivity contribution >= 4 is 6.03 Å². The molecule has 1 unspecified atom stereocenters. The molecule has 0 spiro atoms. The van der Waals surface area contributed by atoms with Gasteiger partial charge in [0.2, 0.25) is 0 Å². The summed E-state index contributed by atoms with van der Waals surface area (Å²) in [4.78, 5) is 11.2. The highest BCUT2D eigenvalue weighted by Gasteiger charge is 2.17. The Hall–Kier alpha value is -0.770. The summed E-state index contributed by atoms with van der Waals surface area (Å²) in [7, 11) is 0. The van der Waals surface area contributed by atoms with Crippen molar-refractivity contribution in [2.45, 2.75) is 26.3 Å². The van der Waals surface area contributed by atoms with Crippen molar-refractivity contribution in [3.05, 3.63) is 0 Å². The van der Waals surface area contributed by atoms with Crippen LogP contribution in [-0.4, -0.2) is 31.8 Å². The van der Waals surface area contributed by atoms with Gasteiger partial charge in [-0.25, -0.2) is 4.79 Å². The van der Waals surface area contributed by atoms with E-state index < -0.39 is 0 Å². The lowest BCUT2D eigenvalue weighted by Gasteiger charge is -2.12. The van der Waals surface area contributed by atoms with E-state index in [2.05, 4.69) is 24.5 Å². The lowest BCUT2D eigenvalue weighted by atomic mass is 10.2. The smallest absolute Gasteiger partial charge is 0.315 e. The molecule has 1 rings (SSSR count). The summed E-state index contributed by atoms with van der Waals surface area (Å²) in [5, 5.41) is 5.66. The Morgan fingerprint density at radius 3 is 2.92 bits per heavy atom. The van der Waals surface area contributed by atoms with Crippen LogP contribution in [0.5, 0.6) is 0 Å². The van der Waals surface area contributed by atoms with E-state index in [1.54, 1.807) is 0 Å². The van der Waals surface area contributed by atoms with Crippen LogP contribution in [0.1, 0.15) is 20.3 Å². The van der Waals surface area contributed by atoms with Gasteiger partial charge in [0.1, 0.15) is 0 Å². The van der Waals surface area contributed by atoms with Gasteiger partial charge in [-0.3, -0.25) is 0 Å². The van der Waals surface area contributed by atoms with E-state index in [1.807, 2.05) is 0 Å². The highest BCUT2D eigenvalue weighted by atomic mass is 16.5. The van der Waals surface area contributed by atoms with Crippen molar-refractivity contribution in [3.8, 4) is 0 Å².